The summed E-state index contributed by atoms with van der Waals surface area (Å²) >= 11 is 5.22. The number of hydrogen-bond acceptors (Lipinski definition) is 4. The van der Waals surface area contributed by atoms with Gasteiger partial charge in [-0.05, 0) is 32.6 Å². The van der Waals surface area contributed by atoms with E-state index in [1.165, 1.54) is 0 Å². The number of nitrogens with one attached hydrogen (secondary N) is 1. The predicted octanol–water partition coefficient (Wildman–Crippen LogP) is 1.49. The Morgan fingerprint density at radius 3 is 2.71 bits per heavy atom. The standard InChI is InChI=1S/C11H21N5S/c1-4-14-6-7-15(8-9(14)3)10-12-13-11(17)16(10)5-2/h9H,4-8H2,1-3H3,(H,13,17). The third kappa shape index (κ3) is 2.37. The fourth-order valence-corrected chi connectivity index (χ4v) is 2.74. The lowest BCUT2D eigenvalue weighted by Crippen LogP contribution is -2.52. The lowest BCUT2D eigenvalue weighted by Gasteiger charge is -2.39. The molecule has 1 aliphatic heterocycles. The van der Waals surface area contributed by atoms with Crippen LogP contribution in [0, 0.1) is 4.77 Å². The quantitative estimate of drug-likeness (QED) is 0.831. The Balaban J connectivity index is 2.16. The first kappa shape index (κ1) is 12.6. The highest BCUT2D eigenvalue weighted by Gasteiger charge is 2.25. The van der Waals surface area contributed by atoms with Crippen molar-refractivity contribution >= 4 is 18.2 Å². The van der Waals surface area contributed by atoms with E-state index in [0.29, 0.717) is 10.8 Å². The van der Waals surface area contributed by atoms with Gasteiger partial charge in [0.05, 0.1) is 0 Å². The summed E-state index contributed by atoms with van der Waals surface area (Å²) in [5.74, 6) is 0.986. The highest BCUT2D eigenvalue weighted by atomic mass is 32.1. The van der Waals surface area contributed by atoms with Gasteiger partial charge in [0.15, 0.2) is 4.77 Å². The summed E-state index contributed by atoms with van der Waals surface area (Å²) in [7, 11) is 0. The molecule has 1 saturated heterocycles. The van der Waals surface area contributed by atoms with E-state index in [-0.39, 0.29) is 0 Å². The van der Waals surface area contributed by atoms with Gasteiger partial charge in [-0.2, -0.15) is 0 Å². The Hall–Kier alpha value is -0.880. The minimum atomic E-state index is 0.573. The van der Waals surface area contributed by atoms with Gasteiger partial charge in [0.2, 0.25) is 5.95 Å². The highest BCUT2D eigenvalue weighted by Crippen LogP contribution is 2.17. The summed E-state index contributed by atoms with van der Waals surface area (Å²) in [4.78, 5) is 4.82. The largest absolute Gasteiger partial charge is 0.338 e. The third-order valence-electron chi connectivity index (χ3n) is 3.51. The van der Waals surface area contributed by atoms with E-state index < -0.39 is 0 Å². The zero-order valence-corrected chi connectivity index (χ0v) is 11.6. The second-order valence-electron chi connectivity index (χ2n) is 4.50. The van der Waals surface area contributed by atoms with Crippen molar-refractivity contribution in [2.75, 3.05) is 31.1 Å². The smallest absolute Gasteiger partial charge is 0.225 e. The van der Waals surface area contributed by atoms with E-state index in [9.17, 15) is 0 Å². The molecule has 96 valence electrons. The molecule has 2 rings (SSSR count). The van der Waals surface area contributed by atoms with E-state index in [1.54, 1.807) is 0 Å². The second kappa shape index (κ2) is 5.18. The predicted molar refractivity (Wildman–Crippen MR) is 72.0 cm³/mol. The van der Waals surface area contributed by atoms with Crippen LogP contribution in [0.25, 0.3) is 0 Å². The van der Waals surface area contributed by atoms with E-state index in [1.807, 2.05) is 0 Å². The van der Waals surface area contributed by atoms with Gasteiger partial charge in [0.1, 0.15) is 0 Å². The SMILES string of the molecule is CCN1CCN(c2n[nH]c(=S)n2CC)CC1C. The Labute approximate surface area is 107 Å². The van der Waals surface area contributed by atoms with Crippen molar-refractivity contribution in [3.63, 3.8) is 0 Å². The van der Waals surface area contributed by atoms with Gasteiger partial charge in [-0.15, -0.1) is 5.10 Å². The molecule has 6 heteroatoms. The number of aromatic nitrogens is 3. The molecule has 1 unspecified atom stereocenters. The molecular formula is C11H21N5S. The van der Waals surface area contributed by atoms with Crippen LogP contribution >= 0.6 is 12.2 Å². The molecular weight excluding hydrogens is 234 g/mol. The topological polar surface area (TPSA) is 40.1 Å². The zero-order chi connectivity index (χ0) is 12.4. The minimum absolute atomic E-state index is 0.573. The van der Waals surface area contributed by atoms with Crippen LogP contribution in [0.15, 0.2) is 0 Å². The van der Waals surface area contributed by atoms with Crippen LogP contribution < -0.4 is 4.90 Å². The molecule has 5 nitrogen and oxygen atoms in total. The first-order valence-electron chi connectivity index (χ1n) is 6.31. The number of rotatable bonds is 3. The molecule has 0 saturated carbocycles. The first-order valence-corrected chi connectivity index (χ1v) is 6.72. The van der Waals surface area contributed by atoms with Crippen LogP contribution in [0.1, 0.15) is 20.8 Å². The van der Waals surface area contributed by atoms with Crippen molar-refractivity contribution in [1.82, 2.24) is 19.7 Å². The summed E-state index contributed by atoms with van der Waals surface area (Å²) in [5, 5.41) is 7.23. The number of anilines is 1. The van der Waals surface area contributed by atoms with Crippen molar-refractivity contribution in [1.29, 1.82) is 0 Å². The number of piperazine rings is 1. The summed E-state index contributed by atoms with van der Waals surface area (Å²) in [5.41, 5.74) is 0. The van der Waals surface area contributed by atoms with Crippen LogP contribution in [0.4, 0.5) is 5.95 Å². The average molecular weight is 255 g/mol. The van der Waals surface area contributed by atoms with Crippen molar-refractivity contribution in [2.24, 2.45) is 0 Å². The molecule has 0 spiro atoms. The van der Waals surface area contributed by atoms with Gasteiger partial charge in [-0.3, -0.25) is 9.47 Å². The van der Waals surface area contributed by atoms with Crippen LogP contribution in [0.2, 0.25) is 0 Å². The van der Waals surface area contributed by atoms with Crippen LogP contribution in [0.5, 0.6) is 0 Å². The molecule has 17 heavy (non-hydrogen) atoms. The summed E-state index contributed by atoms with van der Waals surface area (Å²) in [6.07, 6.45) is 0. The number of likely N-dealkylation sites (N-methyl/N-ethyl adjacent to an activating group) is 1. The Morgan fingerprint density at radius 2 is 2.12 bits per heavy atom. The van der Waals surface area contributed by atoms with Crippen molar-refractivity contribution in [3.05, 3.63) is 4.77 Å². The van der Waals surface area contributed by atoms with E-state index >= 15 is 0 Å². The second-order valence-corrected chi connectivity index (χ2v) is 4.88. The van der Waals surface area contributed by atoms with Crippen LogP contribution in [-0.4, -0.2) is 51.9 Å². The van der Waals surface area contributed by atoms with E-state index in [0.717, 1.165) is 38.7 Å². The summed E-state index contributed by atoms with van der Waals surface area (Å²) in [6, 6.07) is 0.573. The molecule has 1 aromatic heterocycles. The van der Waals surface area contributed by atoms with Gasteiger partial charge < -0.3 is 4.90 Å². The molecule has 1 aromatic rings. The van der Waals surface area contributed by atoms with Gasteiger partial charge >= 0.3 is 0 Å². The van der Waals surface area contributed by atoms with E-state index in [4.69, 9.17) is 12.2 Å². The third-order valence-corrected chi connectivity index (χ3v) is 3.82. The van der Waals surface area contributed by atoms with Crippen LogP contribution in [0.3, 0.4) is 0 Å². The zero-order valence-electron chi connectivity index (χ0n) is 10.8. The van der Waals surface area contributed by atoms with Gasteiger partial charge in [-0.25, -0.2) is 5.10 Å². The molecule has 0 bridgehead atoms. The summed E-state index contributed by atoms with van der Waals surface area (Å²) < 4.78 is 2.77. The normalized spacial score (nSPS) is 22.1. The van der Waals surface area contributed by atoms with E-state index in [2.05, 4.69) is 45.3 Å². The number of aromatic amines is 1. The molecule has 0 radical (unpaired) electrons. The molecule has 2 heterocycles. The maximum Gasteiger partial charge on any atom is 0.225 e. The molecule has 1 N–H and O–H groups in total. The monoisotopic (exact) mass is 255 g/mol. The molecule has 0 amide bonds. The fourth-order valence-electron chi connectivity index (χ4n) is 2.48. The Morgan fingerprint density at radius 1 is 1.35 bits per heavy atom. The summed E-state index contributed by atoms with van der Waals surface area (Å²) in [6.45, 7) is 11.7. The maximum atomic E-state index is 5.22. The first-order chi connectivity index (χ1) is 8.17. The minimum Gasteiger partial charge on any atom is -0.338 e. The molecule has 0 aromatic carbocycles. The lowest BCUT2D eigenvalue weighted by atomic mass is 10.2. The van der Waals surface area contributed by atoms with Crippen molar-refractivity contribution in [2.45, 2.75) is 33.4 Å². The van der Waals surface area contributed by atoms with Gasteiger partial charge in [-0.1, -0.05) is 6.92 Å². The van der Waals surface area contributed by atoms with Gasteiger partial charge in [0.25, 0.3) is 0 Å². The maximum absolute atomic E-state index is 5.22. The van der Waals surface area contributed by atoms with Crippen LogP contribution in [-0.2, 0) is 6.54 Å². The Bertz CT molecular complexity index is 424. The molecule has 1 aliphatic rings. The molecule has 0 aliphatic carbocycles. The Kier molecular flexibility index (Phi) is 3.83. The molecule has 1 atom stereocenters. The molecule has 1 fully saturated rings. The van der Waals surface area contributed by atoms with Gasteiger partial charge in [0, 0.05) is 32.2 Å². The van der Waals surface area contributed by atoms with Crippen molar-refractivity contribution in [3.8, 4) is 0 Å². The number of hydrogen-bond donors (Lipinski definition) is 1. The fraction of sp³-hybridized carbons (Fsp3) is 0.818. The highest BCUT2D eigenvalue weighted by molar-refractivity contribution is 7.71. The lowest BCUT2D eigenvalue weighted by molar-refractivity contribution is 0.198. The van der Waals surface area contributed by atoms with Crippen molar-refractivity contribution < 1.29 is 0 Å². The average Bonchev–Trinajstić information content (AvgIpc) is 2.70. The number of H-pyrrole nitrogens is 1. The number of nitrogens with zero attached hydrogens (tertiary/aromatic N) is 4.